The number of thioether (sulfide) groups is 1. The molecule has 0 saturated carbocycles. The van der Waals surface area contributed by atoms with Crippen LogP contribution >= 0.6 is 35.0 Å². The molecular formula is C13H13Cl2F3N2S. The molecule has 1 saturated heterocycles. The molecule has 0 spiro atoms. The van der Waals surface area contributed by atoms with Gasteiger partial charge in [0, 0.05) is 24.9 Å². The number of hydrogen-bond acceptors (Lipinski definition) is 2. The first-order valence-electron chi connectivity index (χ1n) is 6.23. The van der Waals surface area contributed by atoms with E-state index in [4.69, 9.17) is 23.2 Å². The summed E-state index contributed by atoms with van der Waals surface area (Å²) in [4.78, 5) is 6.78. The minimum absolute atomic E-state index is 0.206. The van der Waals surface area contributed by atoms with E-state index >= 15 is 0 Å². The summed E-state index contributed by atoms with van der Waals surface area (Å²) < 4.78 is 36.9. The lowest BCUT2D eigenvalue weighted by molar-refractivity contribution is -0.105. The summed E-state index contributed by atoms with van der Waals surface area (Å²) in [6.45, 7) is 0.916. The van der Waals surface area contributed by atoms with Crippen molar-refractivity contribution >= 4 is 46.5 Å². The fraction of sp³-hybridized carbons (Fsp3) is 0.462. The number of hydrogen-bond donors (Lipinski definition) is 0. The third-order valence-corrected chi connectivity index (χ3v) is 4.82. The van der Waals surface area contributed by atoms with Gasteiger partial charge in [0.15, 0.2) is 0 Å². The van der Waals surface area contributed by atoms with Crippen molar-refractivity contribution in [3.8, 4) is 0 Å². The van der Waals surface area contributed by atoms with E-state index in [9.17, 15) is 13.2 Å². The molecule has 0 aliphatic carbocycles. The molecule has 0 radical (unpaired) electrons. The van der Waals surface area contributed by atoms with Gasteiger partial charge in [0.25, 0.3) is 0 Å². The molecule has 116 valence electrons. The average molecular weight is 357 g/mol. The van der Waals surface area contributed by atoms with Crippen molar-refractivity contribution in [3.63, 3.8) is 0 Å². The zero-order valence-corrected chi connectivity index (χ0v) is 13.5. The summed E-state index contributed by atoms with van der Waals surface area (Å²) in [6.07, 6.45) is -2.40. The molecule has 1 aromatic carbocycles. The van der Waals surface area contributed by atoms with Crippen LogP contribution in [0.15, 0.2) is 22.0 Å². The number of aliphatic imine (C=N–C) groups is 1. The fourth-order valence-corrected chi connectivity index (χ4v) is 3.25. The smallest absolute Gasteiger partial charge is 0.363 e. The summed E-state index contributed by atoms with van der Waals surface area (Å²) in [5.41, 5.74) is 0.453. The molecule has 1 aromatic rings. The predicted octanol–water partition coefficient (Wildman–Crippen LogP) is 5.40. The molecule has 1 heterocycles. The van der Waals surface area contributed by atoms with E-state index in [-0.39, 0.29) is 5.02 Å². The van der Waals surface area contributed by atoms with E-state index < -0.39 is 11.9 Å². The Morgan fingerprint density at radius 1 is 1.29 bits per heavy atom. The predicted molar refractivity (Wildman–Crippen MR) is 82.2 cm³/mol. The molecule has 0 aromatic heterocycles. The van der Waals surface area contributed by atoms with Crippen molar-refractivity contribution in [2.45, 2.75) is 23.9 Å². The number of amidine groups is 1. The van der Waals surface area contributed by atoms with Crippen molar-refractivity contribution < 1.29 is 13.2 Å². The number of likely N-dealkylation sites (tertiary alicyclic amines) is 1. The molecule has 1 aliphatic heterocycles. The largest absolute Gasteiger partial charge is 0.398 e. The molecule has 0 N–H and O–H groups in total. The molecule has 0 bridgehead atoms. The minimum atomic E-state index is -4.24. The molecule has 1 fully saturated rings. The van der Waals surface area contributed by atoms with Gasteiger partial charge in [0.05, 0.1) is 21.5 Å². The second kappa shape index (κ2) is 6.67. The highest BCUT2D eigenvalue weighted by atomic mass is 35.5. The number of rotatable bonds is 3. The topological polar surface area (TPSA) is 15.6 Å². The van der Waals surface area contributed by atoms with Crippen LogP contribution in [0.3, 0.4) is 0 Å². The van der Waals surface area contributed by atoms with Crippen LogP contribution < -0.4 is 0 Å². The maximum atomic E-state index is 12.3. The van der Waals surface area contributed by atoms with Gasteiger partial charge in [-0.3, -0.25) is 0 Å². The second-order valence-corrected chi connectivity index (χ2v) is 6.52. The molecular weight excluding hydrogens is 344 g/mol. The first kappa shape index (κ1) is 16.8. The van der Waals surface area contributed by atoms with Gasteiger partial charge in [-0.05, 0) is 18.6 Å². The SMILES string of the molecule is CN1CCC/C1=N\c1cc(SCC(F)(F)F)c(Cl)cc1Cl. The van der Waals surface area contributed by atoms with Crippen molar-refractivity contribution in [2.75, 3.05) is 19.3 Å². The lowest BCUT2D eigenvalue weighted by Gasteiger charge is -2.13. The molecule has 21 heavy (non-hydrogen) atoms. The number of nitrogens with zero attached hydrogens (tertiary/aromatic N) is 2. The molecule has 8 heteroatoms. The Bertz CT molecular complexity index is 561. The van der Waals surface area contributed by atoms with Gasteiger partial charge in [-0.1, -0.05) is 23.2 Å². The quantitative estimate of drug-likeness (QED) is 0.673. The Labute approximate surface area is 135 Å². The van der Waals surface area contributed by atoms with Gasteiger partial charge < -0.3 is 4.90 Å². The lowest BCUT2D eigenvalue weighted by Crippen LogP contribution is -2.18. The van der Waals surface area contributed by atoms with E-state index in [1.54, 1.807) is 0 Å². The summed E-state index contributed by atoms with van der Waals surface area (Å²) in [6, 6.07) is 2.95. The third kappa shape index (κ3) is 4.69. The van der Waals surface area contributed by atoms with Crippen LogP contribution in [0.5, 0.6) is 0 Å². The van der Waals surface area contributed by atoms with Gasteiger partial charge in [-0.2, -0.15) is 13.2 Å². The standard InChI is InChI=1S/C13H13Cl2F3N2S/c1-20-4-2-3-12(20)19-10-6-11(9(15)5-8(10)14)21-7-13(16,17)18/h5-6H,2-4,7H2,1H3/b19-12+. The van der Waals surface area contributed by atoms with E-state index in [1.807, 2.05) is 11.9 Å². The summed E-state index contributed by atoms with van der Waals surface area (Å²) in [5, 5.41) is 0.544. The Morgan fingerprint density at radius 3 is 2.57 bits per heavy atom. The van der Waals surface area contributed by atoms with E-state index in [1.165, 1.54) is 12.1 Å². The Kier molecular flexibility index (Phi) is 5.33. The first-order chi connectivity index (χ1) is 9.76. The maximum Gasteiger partial charge on any atom is 0.398 e. The highest BCUT2D eigenvalue weighted by molar-refractivity contribution is 7.99. The molecule has 0 unspecified atom stereocenters. The van der Waals surface area contributed by atoms with Gasteiger partial charge in [0.1, 0.15) is 5.84 Å². The monoisotopic (exact) mass is 356 g/mol. The highest BCUT2D eigenvalue weighted by Crippen LogP contribution is 2.38. The summed E-state index contributed by atoms with van der Waals surface area (Å²) >= 11 is 12.7. The van der Waals surface area contributed by atoms with Crippen LogP contribution in [0.4, 0.5) is 18.9 Å². The molecule has 1 aliphatic rings. The van der Waals surface area contributed by atoms with Crippen molar-refractivity contribution in [3.05, 3.63) is 22.2 Å². The number of benzene rings is 1. The van der Waals surface area contributed by atoms with Gasteiger partial charge in [-0.25, -0.2) is 4.99 Å². The number of alkyl halides is 3. The lowest BCUT2D eigenvalue weighted by atomic mass is 10.3. The molecule has 2 rings (SSSR count). The van der Waals surface area contributed by atoms with Crippen LogP contribution in [-0.4, -0.2) is 36.3 Å². The van der Waals surface area contributed by atoms with Crippen LogP contribution in [0, 0.1) is 0 Å². The van der Waals surface area contributed by atoms with Crippen LogP contribution in [-0.2, 0) is 0 Å². The second-order valence-electron chi connectivity index (χ2n) is 4.69. The molecule has 0 atom stereocenters. The average Bonchev–Trinajstić information content (AvgIpc) is 2.76. The van der Waals surface area contributed by atoms with Crippen LogP contribution in [0.25, 0.3) is 0 Å². The van der Waals surface area contributed by atoms with Crippen molar-refractivity contribution in [1.82, 2.24) is 4.90 Å². The van der Waals surface area contributed by atoms with E-state index in [0.717, 1.165) is 25.2 Å². The van der Waals surface area contributed by atoms with E-state index in [0.29, 0.717) is 27.4 Å². The Hall–Kier alpha value is -0.590. The van der Waals surface area contributed by atoms with E-state index in [2.05, 4.69) is 4.99 Å². The zero-order chi connectivity index (χ0) is 15.6. The minimum Gasteiger partial charge on any atom is -0.363 e. The van der Waals surface area contributed by atoms with Crippen molar-refractivity contribution in [2.24, 2.45) is 4.99 Å². The Morgan fingerprint density at radius 2 is 2.00 bits per heavy atom. The third-order valence-electron chi connectivity index (χ3n) is 2.98. The van der Waals surface area contributed by atoms with Gasteiger partial charge >= 0.3 is 6.18 Å². The van der Waals surface area contributed by atoms with Crippen LogP contribution in [0.2, 0.25) is 10.0 Å². The van der Waals surface area contributed by atoms with Gasteiger partial charge in [0.2, 0.25) is 0 Å². The Balaban J connectivity index is 2.26. The fourth-order valence-electron chi connectivity index (χ4n) is 1.95. The normalized spacial score (nSPS) is 17.8. The first-order valence-corrected chi connectivity index (χ1v) is 7.98. The number of halogens is 5. The molecule has 2 nitrogen and oxygen atoms in total. The molecule has 0 amide bonds. The highest BCUT2D eigenvalue weighted by Gasteiger charge is 2.28. The zero-order valence-electron chi connectivity index (χ0n) is 11.2. The van der Waals surface area contributed by atoms with Crippen molar-refractivity contribution in [1.29, 1.82) is 0 Å². The van der Waals surface area contributed by atoms with Gasteiger partial charge in [-0.15, -0.1) is 11.8 Å². The summed E-state index contributed by atoms with van der Waals surface area (Å²) in [5.74, 6) is -0.115. The summed E-state index contributed by atoms with van der Waals surface area (Å²) in [7, 11) is 1.93. The maximum absolute atomic E-state index is 12.3. The van der Waals surface area contributed by atoms with Crippen LogP contribution in [0.1, 0.15) is 12.8 Å².